The van der Waals surface area contributed by atoms with Crippen LogP contribution in [0.4, 0.5) is 17.1 Å². The number of nitrogens with two attached hydrogens (primary N) is 1. The molecule has 6 nitrogen and oxygen atoms in total. The number of hydrogen-bond acceptors (Lipinski definition) is 4. The number of benzene rings is 2. The fourth-order valence-corrected chi connectivity index (χ4v) is 2.74. The number of nitrogens with zero attached hydrogens (tertiary/aromatic N) is 1. The van der Waals surface area contributed by atoms with Gasteiger partial charge in [0.05, 0.1) is 11.4 Å². The van der Waals surface area contributed by atoms with Crippen molar-refractivity contribution in [1.82, 2.24) is 4.98 Å². The summed E-state index contributed by atoms with van der Waals surface area (Å²) < 4.78 is 0. The monoisotopic (exact) mass is 374 g/mol. The largest absolute Gasteiger partial charge is 0.397 e. The van der Waals surface area contributed by atoms with Gasteiger partial charge in [0, 0.05) is 29.6 Å². The third kappa shape index (κ3) is 4.94. The average Bonchev–Trinajstić information content (AvgIpc) is 2.71. The molecule has 3 aromatic rings. The van der Waals surface area contributed by atoms with Gasteiger partial charge in [0.2, 0.25) is 5.91 Å². The van der Waals surface area contributed by atoms with Crippen LogP contribution in [0.15, 0.2) is 73.1 Å². The number of nitrogens with one attached hydrogen (secondary N) is 2. The summed E-state index contributed by atoms with van der Waals surface area (Å²) in [5, 5.41) is 5.65. The highest BCUT2D eigenvalue weighted by Crippen LogP contribution is 2.19. The Morgan fingerprint density at radius 1 is 1.00 bits per heavy atom. The van der Waals surface area contributed by atoms with Gasteiger partial charge in [0.25, 0.3) is 5.91 Å². The fourth-order valence-electron chi connectivity index (χ4n) is 2.74. The number of carbonyl (C=O) groups excluding carboxylic acids is 2. The van der Waals surface area contributed by atoms with E-state index in [9.17, 15) is 9.59 Å². The van der Waals surface area contributed by atoms with Crippen LogP contribution in [0.25, 0.3) is 0 Å². The van der Waals surface area contributed by atoms with Crippen molar-refractivity contribution < 1.29 is 9.59 Å². The van der Waals surface area contributed by atoms with E-state index < -0.39 is 0 Å². The van der Waals surface area contributed by atoms with Crippen molar-refractivity contribution in [2.45, 2.75) is 13.3 Å². The van der Waals surface area contributed by atoms with Crippen LogP contribution in [0.2, 0.25) is 0 Å². The predicted octanol–water partition coefficient (Wildman–Crippen LogP) is 3.73. The van der Waals surface area contributed by atoms with Gasteiger partial charge in [0.1, 0.15) is 0 Å². The molecule has 0 aliphatic heterocycles. The quantitative estimate of drug-likeness (QED) is 0.573. The normalized spacial score (nSPS) is 11.5. The summed E-state index contributed by atoms with van der Waals surface area (Å²) in [6.45, 7) is 1.87. The summed E-state index contributed by atoms with van der Waals surface area (Å²) in [7, 11) is 0. The highest BCUT2D eigenvalue weighted by atomic mass is 16.2. The first-order chi connectivity index (χ1) is 13.5. The van der Waals surface area contributed by atoms with Crippen LogP contribution >= 0.6 is 0 Å². The first-order valence-corrected chi connectivity index (χ1v) is 8.98. The van der Waals surface area contributed by atoms with Gasteiger partial charge in [-0.05, 0) is 54.4 Å². The maximum absolute atomic E-state index is 12.4. The third-order valence-electron chi connectivity index (χ3n) is 4.34. The first-order valence-electron chi connectivity index (χ1n) is 8.98. The van der Waals surface area contributed by atoms with Crippen LogP contribution in [-0.4, -0.2) is 16.8 Å². The van der Waals surface area contributed by atoms with E-state index >= 15 is 0 Å². The van der Waals surface area contributed by atoms with Crippen LogP contribution in [-0.2, 0) is 11.2 Å². The molecular weight excluding hydrogens is 352 g/mol. The van der Waals surface area contributed by atoms with E-state index in [-0.39, 0.29) is 17.7 Å². The van der Waals surface area contributed by atoms with Crippen molar-refractivity contribution in [3.63, 3.8) is 0 Å². The highest BCUT2D eigenvalue weighted by Gasteiger charge is 2.14. The molecule has 2 aromatic carbocycles. The standard InChI is InChI=1S/C22H22N4O2/c1-15(13-16-5-4-12-24-14-16)21(27)25-18-10-8-17(9-11-18)22(28)26-20-7-3-2-6-19(20)23/h2-12,14-15H,13,23H2,1H3,(H,25,27)(H,26,28). The van der Waals surface area contributed by atoms with Gasteiger partial charge in [0.15, 0.2) is 0 Å². The van der Waals surface area contributed by atoms with Gasteiger partial charge < -0.3 is 16.4 Å². The number of para-hydroxylation sites is 2. The van der Waals surface area contributed by atoms with Crippen LogP contribution < -0.4 is 16.4 Å². The van der Waals surface area contributed by atoms with E-state index in [4.69, 9.17) is 5.73 Å². The van der Waals surface area contributed by atoms with Crippen LogP contribution in [0, 0.1) is 5.92 Å². The summed E-state index contributed by atoms with van der Waals surface area (Å²) in [6, 6.07) is 17.6. The zero-order chi connectivity index (χ0) is 19.9. The second-order valence-corrected chi connectivity index (χ2v) is 6.57. The number of pyridine rings is 1. The minimum Gasteiger partial charge on any atom is -0.397 e. The minimum absolute atomic E-state index is 0.0851. The van der Waals surface area contributed by atoms with E-state index in [1.54, 1.807) is 60.9 Å². The Labute approximate surface area is 163 Å². The molecule has 0 radical (unpaired) electrons. The molecule has 28 heavy (non-hydrogen) atoms. The maximum atomic E-state index is 12.4. The lowest BCUT2D eigenvalue weighted by Gasteiger charge is -2.13. The highest BCUT2D eigenvalue weighted by molar-refractivity contribution is 6.06. The zero-order valence-corrected chi connectivity index (χ0v) is 15.6. The summed E-state index contributed by atoms with van der Waals surface area (Å²) in [5.41, 5.74) is 9.04. The van der Waals surface area contributed by atoms with Crippen molar-refractivity contribution in [3.05, 3.63) is 84.2 Å². The molecule has 6 heteroatoms. The summed E-state index contributed by atoms with van der Waals surface area (Å²) >= 11 is 0. The minimum atomic E-state index is -0.263. The summed E-state index contributed by atoms with van der Waals surface area (Å²) in [6.07, 6.45) is 4.08. The third-order valence-corrected chi connectivity index (χ3v) is 4.34. The molecule has 3 rings (SSSR count). The van der Waals surface area contributed by atoms with Crippen molar-refractivity contribution in [2.24, 2.45) is 5.92 Å². The van der Waals surface area contributed by atoms with E-state index in [1.807, 2.05) is 19.1 Å². The molecule has 0 spiro atoms. The van der Waals surface area contributed by atoms with Gasteiger partial charge in [-0.25, -0.2) is 0 Å². The molecule has 0 saturated carbocycles. The molecule has 0 aliphatic rings. The lowest BCUT2D eigenvalue weighted by atomic mass is 10.0. The number of hydrogen-bond donors (Lipinski definition) is 3. The molecular formula is C22H22N4O2. The van der Waals surface area contributed by atoms with Crippen LogP contribution in [0.3, 0.4) is 0 Å². The number of nitrogen functional groups attached to an aromatic ring is 1. The SMILES string of the molecule is CC(Cc1cccnc1)C(=O)Nc1ccc(C(=O)Nc2ccccc2N)cc1. The number of carbonyl (C=O) groups is 2. The Bertz CT molecular complexity index is 956. The number of anilines is 3. The Kier molecular flexibility index (Phi) is 6.01. The maximum Gasteiger partial charge on any atom is 0.255 e. The molecule has 1 unspecified atom stereocenters. The Balaban J connectivity index is 1.58. The molecule has 0 bridgehead atoms. The number of amides is 2. The topological polar surface area (TPSA) is 97.1 Å². The summed E-state index contributed by atoms with van der Waals surface area (Å²) in [5.74, 6) is -0.549. The van der Waals surface area contributed by atoms with Gasteiger partial charge in [-0.3, -0.25) is 14.6 Å². The Hall–Kier alpha value is -3.67. The molecule has 0 aliphatic carbocycles. The van der Waals surface area contributed by atoms with Gasteiger partial charge in [-0.1, -0.05) is 25.1 Å². The van der Waals surface area contributed by atoms with Crippen molar-refractivity contribution in [2.75, 3.05) is 16.4 Å². The predicted molar refractivity (Wildman–Crippen MR) is 111 cm³/mol. The lowest BCUT2D eigenvalue weighted by molar-refractivity contribution is -0.119. The average molecular weight is 374 g/mol. The molecule has 1 atom stereocenters. The van der Waals surface area contributed by atoms with Gasteiger partial charge in [-0.15, -0.1) is 0 Å². The van der Waals surface area contributed by atoms with Gasteiger partial charge in [-0.2, -0.15) is 0 Å². The molecule has 0 fully saturated rings. The Morgan fingerprint density at radius 3 is 2.43 bits per heavy atom. The second-order valence-electron chi connectivity index (χ2n) is 6.57. The first kappa shape index (κ1) is 19.1. The van der Waals surface area contributed by atoms with Crippen molar-refractivity contribution in [3.8, 4) is 0 Å². The van der Waals surface area contributed by atoms with Crippen LogP contribution in [0.1, 0.15) is 22.8 Å². The fraction of sp³-hybridized carbons (Fsp3) is 0.136. The van der Waals surface area contributed by atoms with Crippen molar-refractivity contribution in [1.29, 1.82) is 0 Å². The van der Waals surface area contributed by atoms with E-state index in [0.717, 1.165) is 5.56 Å². The number of rotatable bonds is 6. The van der Waals surface area contributed by atoms with E-state index in [0.29, 0.717) is 29.0 Å². The molecule has 1 aromatic heterocycles. The van der Waals surface area contributed by atoms with Crippen LogP contribution in [0.5, 0.6) is 0 Å². The van der Waals surface area contributed by atoms with Gasteiger partial charge >= 0.3 is 0 Å². The molecule has 142 valence electrons. The molecule has 1 heterocycles. The lowest BCUT2D eigenvalue weighted by Crippen LogP contribution is -2.22. The zero-order valence-electron chi connectivity index (χ0n) is 15.6. The molecule has 4 N–H and O–H groups in total. The van der Waals surface area contributed by atoms with Crippen molar-refractivity contribution >= 4 is 28.9 Å². The van der Waals surface area contributed by atoms with E-state index in [2.05, 4.69) is 15.6 Å². The second kappa shape index (κ2) is 8.81. The smallest absolute Gasteiger partial charge is 0.255 e. The molecule has 0 saturated heterocycles. The molecule has 2 amide bonds. The number of aromatic nitrogens is 1. The Morgan fingerprint density at radius 2 is 1.75 bits per heavy atom. The van der Waals surface area contributed by atoms with E-state index in [1.165, 1.54) is 0 Å². The summed E-state index contributed by atoms with van der Waals surface area (Å²) in [4.78, 5) is 28.8.